The van der Waals surface area contributed by atoms with E-state index in [-0.39, 0.29) is 5.91 Å². The van der Waals surface area contributed by atoms with Gasteiger partial charge in [0.15, 0.2) is 5.82 Å². The van der Waals surface area contributed by atoms with Crippen molar-refractivity contribution < 1.29 is 4.79 Å². The highest BCUT2D eigenvalue weighted by molar-refractivity contribution is 7.26. The van der Waals surface area contributed by atoms with Crippen LogP contribution in [0.1, 0.15) is 9.67 Å². The standard InChI is InChI=1S/C20H14N6OS2/c1-26-18(23-24-25-26)12-5-4-6-13(11-12)21-19(27)16-9-10-17(28-16)20-22-14-7-2-3-8-15(14)29-20/h2-11H,1H3,(H,21,27). The second kappa shape index (κ2) is 7.19. The Labute approximate surface area is 173 Å². The molecule has 0 aliphatic heterocycles. The van der Waals surface area contributed by atoms with Gasteiger partial charge in [-0.3, -0.25) is 4.79 Å². The number of fused-ring (bicyclic) bond motifs is 1. The van der Waals surface area contributed by atoms with Gasteiger partial charge in [-0.1, -0.05) is 24.3 Å². The van der Waals surface area contributed by atoms with Gasteiger partial charge in [0.1, 0.15) is 5.01 Å². The Morgan fingerprint density at radius 3 is 2.76 bits per heavy atom. The first-order valence-electron chi connectivity index (χ1n) is 8.77. The van der Waals surface area contributed by atoms with Crippen LogP contribution in [-0.4, -0.2) is 31.1 Å². The molecule has 142 valence electrons. The molecule has 7 nitrogen and oxygen atoms in total. The van der Waals surface area contributed by atoms with Crippen molar-refractivity contribution in [3.8, 4) is 21.3 Å². The molecule has 9 heteroatoms. The van der Waals surface area contributed by atoms with Crippen molar-refractivity contribution in [3.63, 3.8) is 0 Å². The maximum atomic E-state index is 12.7. The van der Waals surface area contributed by atoms with Crippen LogP contribution >= 0.6 is 22.7 Å². The average Bonchev–Trinajstić information content (AvgIpc) is 3.46. The smallest absolute Gasteiger partial charge is 0.265 e. The maximum absolute atomic E-state index is 12.7. The quantitative estimate of drug-likeness (QED) is 0.465. The predicted molar refractivity (Wildman–Crippen MR) is 115 cm³/mol. The van der Waals surface area contributed by atoms with Gasteiger partial charge < -0.3 is 5.32 Å². The third kappa shape index (κ3) is 3.41. The molecule has 3 heterocycles. The number of rotatable bonds is 4. The molecule has 2 aromatic carbocycles. The van der Waals surface area contributed by atoms with E-state index in [0.717, 1.165) is 25.7 Å². The van der Waals surface area contributed by atoms with Crippen molar-refractivity contribution in [2.75, 3.05) is 5.32 Å². The molecule has 3 aromatic heterocycles. The van der Waals surface area contributed by atoms with Crippen molar-refractivity contribution in [2.45, 2.75) is 0 Å². The Morgan fingerprint density at radius 2 is 1.93 bits per heavy atom. The molecule has 5 aromatic rings. The molecule has 0 saturated heterocycles. The number of benzene rings is 2. The Bertz CT molecular complexity index is 1300. The number of carbonyl (C=O) groups excluding carboxylic acids is 1. The minimum Gasteiger partial charge on any atom is -0.321 e. The zero-order valence-electron chi connectivity index (χ0n) is 15.2. The van der Waals surface area contributed by atoms with Crippen LogP contribution in [0.15, 0.2) is 60.7 Å². The number of carbonyl (C=O) groups is 1. The summed E-state index contributed by atoms with van der Waals surface area (Å²) in [6.45, 7) is 0. The Kier molecular flexibility index (Phi) is 4.38. The van der Waals surface area contributed by atoms with E-state index in [0.29, 0.717) is 16.4 Å². The van der Waals surface area contributed by atoms with Crippen LogP contribution in [0, 0.1) is 0 Å². The molecule has 0 unspecified atom stereocenters. The molecule has 0 bridgehead atoms. The molecular formula is C20H14N6OS2. The molecule has 1 N–H and O–H groups in total. The van der Waals surface area contributed by atoms with Gasteiger partial charge in [0.25, 0.3) is 5.91 Å². The molecule has 0 aliphatic carbocycles. The summed E-state index contributed by atoms with van der Waals surface area (Å²) in [6, 6.07) is 19.3. The fourth-order valence-electron chi connectivity index (χ4n) is 2.96. The molecule has 0 spiro atoms. The normalized spacial score (nSPS) is 11.1. The average molecular weight is 419 g/mol. The number of para-hydroxylation sites is 1. The maximum Gasteiger partial charge on any atom is 0.265 e. The van der Waals surface area contributed by atoms with Crippen molar-refractivity contribution >= 4 is 44.5 Å². The van der Waals surface area contributed by atoms with Gasteiger partial charge in [0, 0.05) is 18.3 Å². The number of anilines is 1. The summed E-state index contributed by atoms with van der Waals surface area (Å²) in [6.07, 6.45) is 0. The number of hydrogen-bond acceptors (Lipinski definition) is 7. The number of nitrogens with zero attached hydrogens (tertiary/aromatic N) is 5. The van der Waals surface area contributed by atoms with Gasteiger partial charge in [-0.2, -0.15) is 0 Å². The van der Waals surface area contributed by atoms with Crippen LogP contribution in [-0.2, 0) is 7.05 Å². The molecule has 29 heavy (non-hydrogen) atoms. The van der Waals surface area contributed by atoms with Gasteiger partial charge in [0.05, 0.1) is 20.0 Å². The highest BCUT2D eigenvalue weighted by Gasteiger charge is 2.14. The molecule has 0 saturated carbocycles. The fraction of sp³-hybridized carbons (Fsp3) is 0.0500. The molecule has 0 radical (unpaired) electrons. The summed E-state index contributed by atoms with van der Waals surface area (Å²) >= 11 is 3.06. The highest BCUT2D eigenvalue weighted by Crippen LogP contribution is 2.34. The van der Waals surface area contributed by atoms with Crippen LogP contribution in [0.3, 0.4) is 0 Å². The number of hydrogen-bond donors (Lipinski definition) is 1. The second-order valence-electron chi connectivity index (χ2n) is 6.31. The molecule has 0 aliphatic rings. The van der Waals surface area contributed by atoms with Crippen molar-refractivity contribution in [3.05, 3.63) is 65.5 Å². The summed E-state index contributed by atoms with van der Waals surface area (Å²) < 4.78 is 2.72. The Balaban J connectivity index is 1.37. The monoisotopic (exact) mass is 418 g/mol. The number of thiophene rings is 1. The minimum atomic E-state index is -0.157. The second-order valence-corrected chi connectivity index (χ2v) is 8.43. The van der Waals surface area contributed by atoms with E-state index >= 15 is 0 Å². The van der Waals surface area contributed by atoms with E-state index in [9.17, 15) is 4.79 Å². The van der Waals surface area contributed by atoms with Crippen LogP contribution in [0.25, 0.3) is 31.5 Å². The van der Waals surface area contributed by atoms with Gasteiger partial charge in [-0.25, -0.2) is 9.67 Å². The van der Waals surface area contributed by atoms with E-state index in [1.807, 2.05) is 54.6 Å². The lowest BCUT2D eigenvalue weighted by Gasteiger charge is -2.05. The first-order chi connectivity index (χ1) is 14.2. The molecule has 0 atom stereocenters. The number of tetrazole rings is 1. The summed E-state index contributed by atoms with van der Waals surface area (Å²) in [7, 11) is 1.77. The molecule has 5 rings (SSSR count). The minimum absolute atomic E-state index is 0.157. The lowest BCUT2D eigenvalue weighted by atomic mass is 10.2. The Morgan fingerprint density at radius 1 is 1.03 bits per heavy atom. The van der Waals surface area contributed by atoms with E-state index in [2.05, 4.69) is 31.9 Å². The molecular weight excluding hydrogens is 404 g/mol. The zero-order valence-corrected chi connectivity index (χ0v) is 16.9. The molecule has 1 amide bonds. The van der Waals surface area contributed by atoms with Gasteiger partial charge in [-0.15, -0.1) is 27.8 Å². The van der Waals surface area contributed by atoms with E-state index in [1.165, 1.54) is 11.3 Å². The van der Waals surface area contributed by atoms with Gasteiger partial charge in [-0.05, 0) is 46.8 Å². The lowest BCUT2D eigenvalue weighted by molar-refractivity contribution is 0.103. The van der Waals surface area contributed by atoms with Gasteiger partial charge in [0.2, 0.25) is 0 Å². The number of thiazole rings is 1. The number of aryl methyl sites for hydroxylation is 1. The van der Waals surface area contributed by atoms with Crippen LogP contribution in [0.5, 0.6) is 0 Å². The Hall–Kier alpha value is -3.43. The highest BCUT2D eigenvalue weighted by atomic mass is 32.1. The third-order valence-corrected chi connectivity index (χ3v) is 6.62. The predicted octanol–water partition coefficient (Wildman–Crippen LogP) is 4.47. The number of aromatic nitrogens is 5. The van der Waals surface area contributed by atoms with E-state index in [4.69, 9.17) is 0 Å². The van der Waals surface area contributed by atoms with E-state index in [1.54, 1.807) is 23.1 Å². The van der Waals surface area contributed by atoms with Crippen molar-refractivity contribution in [1.29, 1.82) is 0 Å². The van der Waals surface area contributed by atoms with Gasteiger partial charge >= 0.3 is 0 Å². The lowest BCUT2D eigenvalue weighted by Crippen LogP contribution is -2.10. The summed E-state index contributed by atoms with van der Waals surface area (Å²) in [4.78, 5) is 19.0. The summed E-state index contributed by atoms with van der Waals surface area (Å²) in [5.41, 5.74) is 2.49. The van der Waals surface area contributed by atoms with Crippen LogP contribution in [0.2, 0.25) is 0 Å². The number of amides is 1. The summed E-state index contributed by atoms with van der Waals surface area (Å²) in [5.74, 6) is 0.478. The third-order valence-electron chi connectivity index (χ3n) is 4.33. The van der Waals surface area contributed by atoms with Crippen LogP contribution in [0.4, 0.5) is 5.69 Å². The first kappa shape index (κ1) is 17.7. The molecule has 0 fully saturated rings. The van der Waals surface area contributed by atoms with Crippen LogP contribution < -0.4 is 5.32 Å². The van der Waals surface area contributed by atoms with E-state index < -0.39 is 0 Å². The summed E-state index contributed by atoms with van der Waals surface area (Å²) in [5, 5.41) is 15.4. The SMILES string of the molecule is Cn1nnnc1-c1cccc(NC(=O)c2ccc(-c3nc4ccccc4s3)s2)c1. The van der Waals surface area contributed by atoms with Crippen molar-refractivity contribution in [2.24, 2.45) is 7.05 Å². The first-order valence-corrected chi connectivity index (χ1v) is 10.4. The number of nitrogens with one attached hydrogen (secondary N) is 1. The largest absolute Gasteiger partial charge is 0.321 e. The topological polar surface area (TPSA) is 85.6 Å². The zero-order chi connectivity index (χ0) is 19.8. The fourth-order valence-corrected chi connectivity index (χ4v) is 4.88. The van der Waals surface area contributed by atoms with Crippen molar-refractivity contribution in [1.82, 2.24) is 25.2 Å².